The highest BCUT2D eigenvalue weighted by Gasteiger charge is 2.40. The molecule has 1 aliphatic carbocycles. The number of hydrogen-bond acceptors (Lipinski definition) is 6. The van der Waals surface area contributed by atoms with Crippen LogP contribution in [0.4, 0.5) is 4.79 Å². The molecule has 5 rings (SSSR count). The summed E-state index contributed by atoms with van der Waals surface area (Å²) in [4.78, 5) is 14.3. The molecule has 1 fully saturated rings. The van der Waals surface area contributed by atoms with Crippen LogP contribution < -0.4 is 0 Å². The van der Waals surface area contributed by atoms with Gasteiger partial charge in [0.25, 0.3) is 0 Å². The maximum Gasteiger partial charge on any atom is 0.410 e. The van der Waals surface area contributed by atoms with Crippen molar-refractivity contribution in [2.75, 3.05) is 13.2 Å². The van der Waals surface area contributed by atoms with Gasteiger partial charge in [0.2, 0.25) is 11.8 Å². The summed E-state index contributed by atoms with van der Waals surface area (Å²) in [6, 6.07) is 15.9. The summed E-state index contributed by atoms with van der Waals surface area (Å²) in [5.41, 5.74) is 4.68. The van der Waals surface area contributed by atoms with E-state index in [4.69, 9.17) is 9.15 Å². The molecule has 1 amide bonds. The smallest absolute Gasteiger partial charge is 0.410 e. The summed E-state index contributed by atoms with van der Waals surface area (Å²) in [6.45, 7) is 2.11. The highest BCUT2D eigenvalue weighted by molar-refractivity contribution is 5.79. The maximum atomic E-state index is 12.9. The first-order chi connectivity index (χ1) is 14.1. The molecule has 3 aromatic rings. The van der Waals surface area contributed by atoms with Crippen LogP contribution in [0.5, 0.6) is 0 Å². The number of fused-ring (bicyclic) bond motifs is 3. The molecule has 148 valence electrons. The van der Waals surface area contributed by atoms with E-state index in [9.17, 15) is 9.90 Å². The van der Waals surface area contributed by atoms with Crippen LogP contribution >= 0.6 is 0 Å². The summed E-state index contributed by atoms with van der Waals surface area (Å²) < 4.78 is 11.2. The van der Waals surface area contributed by atoms with Crippen molar-refractivity contribution in [1.29, 1.82) is 0 Å². The molecule has 0 saturated carbocycles. The number of carbonyl (C=O) groups is 1. The van der Waals surface area contributed by atoms with E-state index in [1.165, 1.54) is 16.0 Å². The predicted octanol–water partition coefficient (Wildman–Crippen LogP) is 3.43. The van der Waals surface area contributed by atoms with E-state index in [1.54, 1.807) is 6.92 Å². The van der Waals surface area contributed by atoms with Crippen LogP contribution in [0.3, 0.4) is 0 Å². The molecule has 1 aromatic heterocycles. The van der Waals surface area contributed by atoms with Gasteiger partial charge in [0.15, 0.2) is 0 Å². The van der Waals surface area contributed by atoms with Gasteiger partial charge in [0.1, 0.15) is 12.6 Å². The van der Waals surface area contributed by atoms with Gasteiger partial charge in [-0.2, -0.15) is 0 Å². The molecular formula is C22H21N3O4. The van der Waals surface area contributed by atoms with Crippen molar-refractivity contribution in [3.63, 3.8) is 0 Å². The topological polar surface area (TPSA) is 88.7 Å². The summed E-state index contributed by atoms with van der Waals surface area (Å²) in [7, 11) is 0. The molecule has 2 heterocycles. The van der Waals surface area contributed by atoms with Gasteiger partial charge in [-0.05, 0) is 22.3 Å². The molecule has 2 atom stereocenters. The van der Waals surface area contributed by atoms with E-state index in [-0.39, 0.29) is 19.1 Å². The molecule has 2 aliphatic rings. The molecule has 0 unspecified atom stereocenters. The van der Waals surface area contributed by atoms with E-state index in [1.807, 2.05) is 24.3 Å². The Morgan fingerprint density at radius 3 is 2.41 bits per heavy atom. The fourth-order valence-corrected chi connectivity index (χ4v) is 4.37. The largest absolute Gasteiger partial charge is 0.448 e. The zero-order valence-corrected chi connectivity index (χ0v) is 16.0. The molecule has 7 nitrogen and oxygen atoms in total. The molecular weight excluding hydrogens is 370 g/mol. The lowest BCUT2D eigenvalue weighted by Gasteiger charge is -2.22. The molecule has 1 saturated heterocycles. The number of rotatable bonds is 3. The number of hydrogen-bond donors (Lipinski definition) is 1. The lowest BCUT2D eigenvalue weighted by Crippen LogP contribution is -2.33. The highest BCUT2D eigenvalue weighted by atomic mass is 16.6. The van der Waals surface area contributed by atoms with Crippen molar-refractivity contribution in [3.8, 4) is 11.1 Å². The molecule has 0 bridgehead atoms. The lowest BCUT2D eigenvalue weighted by molar-refractivity contribution is 0.0873. The Labute approximate surface area is 167 Å². The van der Waals surface area contributed by atoms with E-state index in [0.29, 0.717) is 18.2 Å². The second kappa shape index (κ2) is 7.00. The van der Waals surface area contributed by atoms with E-state index in [0.717, 1.165) is 11.1 Å². The minimum absolute atomic E-state index is 0.0111. The number of carbonyl (C=O) groups excluding carboxylic acids is 1. The number of aryl methyl sites for hydroxylation is 1. The Morgan fingerprint density at radius 2 is 1.79 bits per heavy atom. The molecule has 1 aliphatic heterocycles. The zero-order valence-electron chi connectivity index (χ0n) is 16.0. The van der Waals surface area contributed by atoms with Crippen LogP contribution in [0.25, 0.3) is 11.1 Å². The van der Waals surface area contributed by atoms with Crippen molar-refractivity contribution in [2.24, 2.45) is 0 Å². The van der Waals surface area contributed by atoms with Crippen LogP contribution in [0.1, 0.15) is 41.3 Å². The number of likely N-dealkylation sites (tertiary alicyclic amines) is 1. The molecule has 7 heteroatoms. The first kappa shape index (κ1) is 17.9. The van der Waals surface area contributed by atoms with Crippen LogP contribution in [0, 0.1) is 6.92 Å². The molecule has 0 radical (unpaired) electrons. The van der Waals surface area contributed by atoms with Crippen LogP contribution in [-0.4, -0.2) is 45.6 Å². The molecule has 2 aromatic carbocycles. The second-order valence-electron chi connectivity index (χ2n) is 7.52. The van der Waals surface area contributed by atoms with Gasteiger partial charge in [-0.1, -0.05) is 48.5 Å². The Morgan fingerprint density at radius 1 is 1.14 bits per heavy atom. The van der Waals surface area contributed by atoms with Gasteiger partial charge in [-0.3, -0.25) is 4.90 Å². The molecule has 1 N–H and O–H groups in total. The molecule has 0 spiro atoms. The number of aliphatic hydroxyl groups excluding tert-OH is 1. The average Bonchev–Trinajstić information content (AvgIpc) is 3.42. The SMILES string of the molecule is Cc1nnc([C@H]2C[C@@H](O)CN2C(=O)OCC2c3ccccc3-c3ccccc32)o1. The standard InChI is InChI=1S/C22H21N3O4/c1-13-23-24-21(29-13)20-10-14(26)11-25(20)22(27)28-12-19-17-8-4-2-6-15(17)16-7-3-5-9-18(16)19/h2-9,14,19-20,26H,10-12H2,1H3/t14-,20-/m1/s1. The number of nitrogens with zero attached hydrogens (tertiary/aromatic N) is 3. The first-order valence-corrected chi connectivity index (χ1v) is 9.71. The van der Waals surface area contributed by atoms with Crippen LogP contribution in [0.15, 0.2) is 52.9 Å². The van der Waals surface area contributed by atoms with Crippen molar-refractivity contribution >= 4 is 6.09 Å². The van der Waals surface area contributed by atoms with Gasteiger partial charge in [-0.15, -0.1) is 10.2 Å². The Kier molecular flexibility index (Phi) is 4.32. The number of aromatic nitrogens is 2. The summed E-state index contributed by atoms with van der Waals surface area (Å²) in [5, 5.41) is 17.9. The maximum absolute atomic E-state index is 12.9. The van der Waals surface area contributed by atoms with Gasteiger partial charge in [0.05, 0.1) is 12.6 Å². The summed E-state index contributed by atoms with van der Waals surface area (Å²) in [6.07, 6.45) is -0.775. The summed E-state index contributed by atoms with van der Waals surface area (Å²) in [5.74, 6) is 0.740. The second-order valence-corrected chi connectivity index (χ2v) is 7.52. The number of benzene rings is 2. The Hall–Kier alpha value is -3.19. The van der Waals surface area contributed by atoms with Gasteiger partial charge in [-0.25, -0.2) is 4.79 Å². The third-order valence-electron chi connectivity index (χ3n) is 5.68. The monoisotopic (exact) mass is 391 g/mol. The average molecular weight is 391 g/mol. The quantitative estimate of drug-likeness (QED) is 0.736. The third-order valence-corrected chi connectivity index (χ3v) is 5.68. The van der Waals surface area contributed by atoms with Crippen molar-refractivity contribution in [1.82, 2.24) is 15.1 Å². The number of amides is 1. The van der Waals surface area contributed by atoms with Crippen LogP contribution in [0.2, 0.25) is 0 Å². The Bertz CT molecular complexity index is 1020. The summed E-state index contributed by atoms with van der Waals surface area (Å²) >= 11 is 0. The predicted molar refractivity (Wildman–Crippen MR) is 104 cm³/mol. The van der Waals surface area contributed by atoms with Crippen molar-refractivity contribution in [3.05, 3.63) is 71.4 Å². The fourth-order valence-electron chi connectivity index (χ4n) is 4.37. The minimum atomic E-state index is -0.646. The minimum Gasteiger partial charge on any atom is -0.448 e. The highest BCUT2D eigenvalue weighted by Crippen LogP contribution is 2.44. The lowest BCUT2D eigenvalue weighted by atomic mass is 9.98. The van der Waals surface area contributed by atoms with Gasteiger partial charge in [0, 0.05) is 19.3 Å². The van der Waals surface area contributed by atoms with Gasteiger partial charge >= 0.3 is 6.09 Å². The fraction of sp³-hybridized carbons (Fsp3) is 0.318. The third kappa shape index (κ3) is 3.07. The van der Waals surface area contributed by atoms with Crippen molar-refractivity contribution in [2.45, 2.75) is 31.4 Å². The number of ether oxygens (including phenoxy) is 1. The van der Waals surface area contributed by atoms with Crippen molar-refractivity contribution < 1.29 is 19.1 Å². The Balaban J connectivity index is 1.35. The number of β-amino-alcohol motifs (C(OH)–C–C–N with tert-alkyl or cyclic N) is 1. The zero-order chi connectivity index (χ0) is 20.0. The van der Waals surface area contributed by atoms with E-state index in [2.05, 4.69) is 34.5 Å². The number of aliphatic hydroxyl groups is 1. The normalized spacial score (nSPS) is 20.6. The van der Waals surface area contributed by atoms with E-state index >= 15 is 0 Å². The first-order valence-electron chi connectivity index (χ1n) is 9.71. The van der Waals surface area contributed by atoms with E-state index < -0.39 is 18.2 Å². The van der Waals surface area contributed by atoms with Gasteiger partial charge < -0.3 is 14.3 Å². The molecule has 29 heavy (non-hydrogen) atoms. The van der Waals surface area contributed by atoms with Crippen LogP contribution in [-0.2, 0) is 4.74 Å².